The third-order valence-electron chi connectivity index (χ3n) is 4.58. The molecule has 0 bridgehead atoms. The smallest absolute Gasteiger partial charge is 0.338 e. The highest BCUT2D eigenvalue weighted by Gasteiger charge is 2.18. The van der Waals surface area contributed by atoms with Gasteiger partial charge in [0.2, 0.25) is 10.0 Å². The van der Waals surface area contributed by atoms with E-state index in [2.05, 4.69) is 18.8 Å². The molecule has 0 aliphatic heterocycles. The van der Waals surface area contributed by atoms with Crippen molar-refractivity contribution in [2.75, 3.05) is 11.9 Å². The zero-order valence-electron chi connectivity index (χ0n) is 17.1. The van der Waals surface area contributed by atoms with Gasteiger partial charge < -0.3 is 10.1 Å². The largest absolute Gasteiger partial charge is 0.452 e. The molecule has 1 amide bonds. The van der Waals surface area contributed by atoms with Crippen LogP contribution in [0.1, 0.15) is 15.9 Å². The molecule has 0 aliphatic rings. The lowest BCUT2D eigenvalue weighted by Gasteiger charge is -2.09. The summed E-state index contributed by atoms with van der Waals surface area (Å²) in [7, 11) is -3.85. The maximum Gasteiger partial charge on any atom is 0.338 e. The van der Waals surface area contributed by atoms with Gasteiger partial charge in [0.15, 0.2) is 6.61 Å². The van der Waals surface area contributed by atoms with Crippen molar-refractivity contribution >= 4 is 50.3 Å². The molecule has 0 fully saturated rings. The molecule has 0 aliphatic carbocycles. The normalized spacial score (nSPS) is 11.3. The van der Waals surface area contributed by atoms with E-state index in [1.807, 2.05) is 18.2 Å². The highest BCUT2D eigenvalue weighted by atomic mass is 32.2. The van der Waals surface area contributed by atoms with E-state index in [-0.39, 0.29) is 17.0 Å². The number of benzene rings is 3. The maximum absolute atomic E-state index is 12.6. The van der Waals surface area contributed by atoms with Crippen LogP contribution >= 0.6 is 11.7 Å². The second-order valence-electron chi connectivity index (χ2n) is 6.90. The van der Waals surface area contributed by atoms with Gasteiger partial charge in [-0.2, -0.15) is 8.75 Å². The maximum atomic E-state index is 12.6. The first kappa shape index (κ1) is 22.5. The van der Waals surface area contributed by atoms with Crippen LogP contribution in [0.15, 0.2) is 77.7 Å². The second-order valence-corrected chi connectivity index (χ2v) is 9.20. The van der Waals surface area contributed by atoms with Crippen LogP contribution in [0.25, 0.3) is 11.0 Å². The minimum absolute atomic E-state index is 0.0104. The highest BCUT2D eigenvalue weighted by molar-refractivity contribution is 7.89. The van der Waals surface area contributed by atoms with E-state index in [0.29, 0.717) is 16.7 Å². The van der Waals surface area contributed by atoms with Gasteiger partial charge in [0.25, 0.3) is 5.91 Å². The SMILES string of the molecule is O=C(COC(=O)c1cccc(S(=O)(=O)NCc2ccccc2)c1)Nc1cccc2nsnc12. The predicted octanol–water partition coefficient (Wildman–Crippen LogP) is 2.97. The summed E-state index contributed by atoms with van der Waals surface area (Å²) < 4.78 is 41.0. The molecule has 4 aromatic rings. The average Bonchev–Trinajstić information content (AvgIpc) is 3.32. The van der Waals surface area contributed by atoms with E-state index in [1.54, 1.807) is 30.3 Å². The molecule has 0 unspecified atom stereocenters. The molecule has 9 nitrogen and oxygen atoms in total. The zero-order chi connectivity index (χ0) is 23.3. The molecule has 0 radical (unpaired) electrons. The quantitative estimate of drug-likeness (QED) is 0.370. The molecular formula is C22H18N4O5S2. The molecule has 2 N–H and O–H groups in total. The summed E-state index contributed by atoms with van der Waals surface area (Å²) in [5.74, 6) is -1.38. The summed E-state index contributed by atoms with van der Waals surface area (Å²) in [6, 6.07) is 19.6. The number of carbonyl (C=O) groups is 2. The zero-order valence-corrected chi connectivity index (χ0v) is 18.7. The molecule has 3 aromatic carbocycles. The first-order chi connectivity index (χ1) is 15.9. The Labute approximate surface area is 193 Å². The number of anilines is 1. The second kappa shape index (κ2) is 9.86. The number of amides is 1. The van der Waals surface area contributed by atoms with E-state index in [0.717, 1.165) is 17.3 Å². The molecule has 0 atom stereocenters. The van der Waals surface area contributed by atoms with Crippen molar-refractivity contribution in [3.8, 4) is 0 Å². The van der Waals surface area contributed by atoms with E-state index in [4.69, 9.17) is 4.74 Å². The number of esters is 1. The van der Waals surface area contributed by atoms with Crippen molar-refractivity contribution in [3.63, 3.8) is 0 Å². The van der Waals surface area contributed by atoms with E-state index in [1.165, 1.54) is 24.3 Å². The van der Waals surface area contributed by atoms with Gasteiger partial charge in [0, 0.05) is 6.54 Å². The molecule has 33 heavy (non-hydrogen) atoms. The highest BCUT2D eigenvalue weighted by Crippen LogP contribution is 2.21. The molecule has 168 valence electrons. The van der Waals surface area contributed by atoms with Crippen molar-refractivity contribution in [2.24, 2.45) is 0 Å². The third kappa shape index (κ3) is 5.58. The Morgan fingerprint density at radius 3 is 2.55 bits per heavy atom. The van der Waals surface area contributed by atoms with E-state index in [9.17, 15) is 18.0 Å². The lowest BCUT2D eigenvalue weighted by atomic mass is 10.2. The number of nitrogens with one attached hydrogen (secondary N) is 2. The first-order valence-electron chi connectivity index (χ1n) is 9.74. The summed E-state index contributed by atoms with van der Waals surface area (Å²) in [6.45, 7) is -0.435. The first-order valence-corrected chi connectivity index (χ1v) is 12.0. The number of hydrogen-bond donors (Lipinski definition) is 2. The summed E-state index contributed by atoms with van der Waals surface area (Å²) in [4.78, 5) is 24.5. The third-order valence-corrected chi connectivity index (χ3v) is 6.53. The van der Waals surface area contributed by atoms with Crippen LogP contribution in [0.3, 0.4) is 0 Å². The fourth-order valence-corrected chi connectivity index (χ4v) is 4.57. The minimum atomic E-state index is -3.85. The molecule has 0 saturated heterocycles. The van der Waals surface area contributed by atoms with Gasteiger partial charge in [-0.25, -0.2) is 17.9 Å². The standard InChI is InChI=1S/C22H18N4O5S2/c27-20(24-18-10-5-11-19-21(18)26-32-25-19)14-31-22(28)16-8-4-9-17(12-16)33(29,30)23-13-15-6-2-1-3-7-15/h1-12,23H,13-14H2,(H,24,27). The Morgan fingerprint density at radius 2 is 1.73 bits per heavy atom. The van der Waals surface area contributed by atoms with Crippen LogP contribution in [0.4, 0.5) is 5.69 Å². The van der Waals surface area contributed by atoms with Gasteiger partial charge in [-0.05, 0) is 35.9 Å². The topological polar surface area (TPSA) is 127 Å². The van der Waals surface area contributed by atoms with E-state index >= 15 is 0 Å². The number of hydrogen-bond acceptors (Lipinski definition) is 8. The number of carbonyl (C=O) groups excluding carboxylic acids is 2. The van der Waals surface area contributed by atoms with Gasteiger partial charge >= 0.3 is 5.97 Å². The molecule has 0 saturated carbocycles. The summed E-state index contributed by atoms with van der Waals surface area (Å²) in [5, 5.41) is 2.63. The molecule has 11 heteroatoms. The monoisotopic (exact) mass is 482 g/mol. The predicted molar refractivity (Wildman–Crippen MR) is 123 cm³/mol. The molecule has 4 rings (SSSR count). The minimum Gasteiger partial charge on any atom is -0.452 e. The van der Waals surface area contributed by atoms with Gasteiger partial charge in [0.05, 0.1) is 27.9 Å². The molecule has 1 aromatic heterocycles. The van der Waals surface area contributed by atoms with Gasteiger partial charge in [-0.3, -0.25) is 4.79 Å². The fourth-order valence-electron chi connectivity index (χ4n) is 2.96. The Morgan fingerprint density at radius 1 is 0.939 bits per heavy atom. The fraction of sp³-hybridized carbons (Fsp3) is 0.0909. The number of ether oxygens (including phenoxy) is 1. The summed E-state index contributed by atoms with van der Waals surface area (Å²) in [5.41, 5.74) is 2.46. The molecule has 0 spiro atoms. The van der Waals surface area contributed by atoms with Crippen LogP contribution < -0.4 is 10.0 Å². The number of nitrogens with zero attached hydrogens (tertiary/aromatic N) is 2. The van der Waals surface area contributed by atoms with Crippen LogP contribution in [0.5, 0.6) is 0 Å². The van der Waals surface area contributed by atoms with Crippen LogP contribution in [0.2, 0.25) is 0 Å². The van der Waals surface area contributed by atoms with Crippen LogP contribution in [0, 0.1) is 0 Å². The number of sulfonamides is 1. The van der Waals surface area contributed by atoms with Crippen molar-refractivity contribution in [2.45, 2.75) is 11.4 Å². The summed E-state index contributed by atoms with van der Waals surface area (Å²) >= 11 is 1.02. The lowest BCUT2D eigenvalue weighted by molar-refractivity contribution is -0.119. The van der Waals surface area contributed by atoms with Crippen LogP contribution in [-0.2, 0) is 26.1 Å². The Balaban J connectivity index is 1.37. The van der Waals surface area contributed by atoms with Crippen LogP contribution in [-0.4, -0.2) is 35.6 Å². The molecule has 1 heterocycles. The van der Waals surface area contributed by atoms with Gasteiger partial charge in [-0.15, -0.1) is 0 Å². The van der Waals surface area contributed by atoms with Crippen molar-refractivity contribution in [3.05, 3.63) is 83.9 Å². The number of rotatable bonds is 8. The number of fused-ring (bicyclic) bond motifs is 1. The van der Waals surface area contributed by atoms with Crippen molar-refractivity contribution in [1.82, 2.24) is 13.5 Å². The van der Waals surface area contributed by atoms with Gasteiger partial charge in [-0.1, -0.05) is 42.5 Å². The average molecular weight is 483 g/mol. The van der Waals surface area contributed by atoms with Crippen molar-refractivity contribution in [1.29, 1.82) is 0 Å². The van der Waals surface area contributed by atoms with Crippen molar-refractivity contribution < 1.29 is 22.7 Å². The van der Waals surface area contributed by atoms with E-state index < -0.39 is 28.5 Å². The number of aromatic nitrogens is 2. The Hall–Kier alpha value is -3.67. The summed E-state index contributed by atoms with van der Waals surface area (Å²) in [6.07, 6.45) is 0. The lowest BCUT2D eigenvalue weighted by Crippen LogP contribution is -2.24. The Bertz CT molecular complexity index is 1400. The Kier molecular flexibility index (Phi) is 6.73. The molecular weight excluding hydrogens is 464 g/mol. The van der Waals surface area contributed by atoms with Gasteiger partial charge in [0.1, 0.15) is 11.0 Å².